The maximum absolute atomic E-state index is 10.7. The van der Waals surface area contributed by atoms with Gasteiger partial charge in [0, 0.05) is 6.54 Å². The van der Waals surface area contributed by atoms with Crippen molar-refractivity contribution in [1.82, 2.24) is 5.32 Å². The standard InChI is InChI=1S/C7H16N4O5S/c8-7(9)10-3-1-2-5(6(12)13)11-4-17(14,15)16/h5,11H,1-4H2,(H,12,13)(H4,8,9,10)(H,14,15,16)/t5-/m0/s1. The molecule has 0 aliphatic rings. The van der Waals surface area contributed by atoms with E-state index in [-0.39, 0.29) is 18.9 Å². The lowest BCUT2D eigenvalue weighted by Crippen LogP contribution is -2.39. The fraction of sp³-hybridized carbons (Fsp3) is 0.714. The lowest BCUT2D eigenvalue weighted by molar-refractivity contribution is -0.139. The SMILES string of the molecule is NC(N)=NCCC[C@H](NCS(=O)(=O)O)C(=O)O. The van der Waals surface area contributed by atoms with Crippen LogP contribution < -0.4 is 16.8 Å². The van der Waals surface area contributed by atoms with Gasteiger partial charge in [-0.25, -0.2) is 0 Å². The summed E-state index contributed by atoms with van der Waals surface area (Å²) in [6.45, 7) is 0.250. The second-order valence-electron chi connectivity index (χ2n) is 3.27. The van der Waals surface area contributed by atoms with Gasteiger partial charge in [-0.15, -0.1) is 0 Å². The minimum absolute atomic E-state index is 0.0947. The molecule has 0 bridgehead atoms. The van der Waals surface area contributed by atoms with Crippen molar-refractivity contribution in [1.29, 1.82) is 0 Å². The van der Waals surface area contributed by atoms with Crippen molar-refractivity contribution in [2.45, 2.75) is 18.9 Å². The second kappa shape index (κ2) is 7.04. The predicted octanol–water partition coefficient (Wildman–Crippen LogP) is -2.07. The molecule has 0 saturated heterocycles. The molecule has 0 aromatic heterocycles. The molecule has 0 aliphatic carbocycles. The first-order valence-corrected chi connectivity index (χ1v) is 6.30. The number of carboxylic acid groups (broad SMARTS) is 1. The number of aliphatic imine (C=N–C) groups is 1. The number of hydrogen-bond donors (Lipinski definition) is 5. The normalized spacial score (nSPS) is 13.0. The van der Waals surface area contributed by atoms with Crippen LogP contribution in [0, 0.1) is 0 Å². The van der Waals surface area contributed by atoms with Gasteiger partial charge < -0.3 is 16.6 Å². The Morgan fingerprint density at radius 2 is 2.00 bits per heavy atom. The van der Waals surface area contributed by atoms with Crippen LogP contribution in [0.2, 0.25) is 0 Å². The van der Waals surface area contributed by atoms with Gasteiger partial charge in [-0.2, -0.15) is 8.42 Å². The van der Waals surface area contributed by atoms with Crippen LogP contribution in [0.15, 0.2) is 4.99 Å². The fourth-order valence-electron chi connectivity index (χ4n) is 1.02. The monoisotopic (exact) mass is 268 g/mol. The van der Waals surface area contributed by atoms with Crippen LogP contribution in [-0.2, 0) is 14.9 Å². The molecule has 0 saturated carbocycles. The van der Waals surface area contributed by atoms with Gasteiger partial charge in [0.25, 0.3) is 10.1 Å². The van der Waals surface area contributed by atoms with Crippen molar-refractivity contribution in [2.24, 2.45) is 16.5 Å². The van der Waals surface area contributed by atoms with Gasteiger partial charge in [0.1, 0.15) is 11.9 Å². The van der Waals surface area contributed by atoms with Gasteiger partial charge in [0.15, 0.2) is 5.96 Å². The summed E-state index contributed by atoms with van der Waals surface area (Å²) in [6, 6.07) is -1.08. The number of nitrogens with one attached hydrogen (secondary N) is 1. The Hall–Kier alpha value is -1.39. The summed E-state index contributed by atoms with van der Waals surface area (Å²) in [5.41, 5.74) is 10.1. The third-order valence-electron chi connectivity index (χ3n) is 1.76. The average molecular weight is 268 g/mol. The van der Waals surface area contributed by atoms with Crippen molar-refractivity contribution >= 4 is 22.0 Å². The van der Waals surface area contributed by atoms with Crippen molar-refractivity contribution in [2.75, 3.05) is 12.4 Å². The molecule has 0 aromatic carbocycles. The van der Waals surface area contributed by atoms with E-state index in [1.165, 1.54) is 0 Å². The van der Waals surface area contributed by atoms with Crippen molar-refractivity contribution in [3.05, 3.63) is 0 Å². The summed E-state index contributed by atoms with van der Waals surface area (Å²) in [5, 5.41) is 11.0. The first-order valence-electron chi connectivity index (χ1n) is 4.69. The lowest BCUT2D eigenvalue weighted by Gasteiger charge is -2.12. The van der Waals surface area contributed by atoms with Crippen molar-refractivity contribution < 1.29 is 22.9 Å². The Kier molecular flexibility index (Phi) is 6.46. The highest BCUT2D eigenvalue weighted by atomic mass is 32.2. The van der Waals surface area contributed by atoms with Crippen LogP contribution in [0.25, 0.3) is 0 Å². The molecule has 0 amide bonds. The topological polar surface area (TPSA) is 168 Å². The molecule has 0 fully saturated rings. The summed E-state index contributed by atoms with van der Waals surface area (Å²) in [7, 11) is -4.24. The number of carboxylic acids is 1. The molecule has 0 unspecified atom stereocenters. The summed E-state index contributed by atoms with van der Waals surface area (Å²) in [4.78, 5) is 14.4. The van der Waals surface area contributed by atoms with E-state index in [4.69, 9.17) is 21.1 Å². The van der Waals surface area contributed by atoms with E-state index < -0.39 is 28.0 Å². The lowest BCUT2D eigenvalue weighted by atomic mass is 10.1. The minimum atomic E-state index is -4.24. The Bertz CT molecular complexity index is 376. The smallest absolute Gasteiger partial charge is 0.320 e. The van der Waals surface area contributed by atoms with Crippen LogP contribution in [0.4, 0.5) is 0 Å². The number of nitrogens with two attached hydrogens (primary N) is 2. The van der Waals surface area contributed by atoms with E-state index in [0.717, 1.165) is 0 Å². The predicted molar refractivity (Wildman–Crippen MR) is 60.9 cm³/mol. The number of hydrogen-bond acceptors (Lipinski definition) is 5. The number of carbonyl (C=O) groups is 1. The molecule has 0 spiro atoms. The van der Waals surface area contributed by atoms with Gasteiger partial charge in [0.2, 0.25) is 0 Å². The average Bonchev–Trinajstić information content (AvgIpc) is 2.13. The van der Waals surface area contributed by atoms with Crippen LogP contribution in [0.1, 0.15) is 12.8 Å². The molecule has 0 rings (SSSR count). The van der Waals surface area contributed by atoms with E-state index in [9.17, 15) is 13.2 Å². The molecule has 10 heteroatoms. The first-order chi connectivity index (χ1) is 7.72. The Morgan fingerprint density at radius 1 is 1.41 bits per heavy atom. The highest BCUT2D eigenvalue weighted by Gasteiger charge is 2.18. The second-order valence-corrected chi connectivity index (χ2v) is 4.72. The number of guanidine groups is 1. The third kappa shape index (κ3) is 9.53. The molecule has 100 valence electrons. The molecule has 17 heavy (non-hydrogen) atoms. The summed E-state index contributed by atoms with van der Waals surface area (Å²) >= 11 is 0. The van der Waals surface area contributed by atoms with Gasteiger partial charge in [-0.1, -0.05) is 0 Å². The third-order valence-corrected chi connectivity index (χ3v) is 2.29. The number of rotatable bonds is 8. The van der Waals surface area contributed by atoms with Gasteiger partial charge >= 0.3 is 5.97 Å². The molecule has 1 atom stereocenters. The van der Waals surface area contributed by atoms with E-state index >= 15 is 0 Å². The quantitative estimate of drug-likeness (QED) is 0.145. The zero-order chi connectivity index (χ0) is 13.5. The zero-order valence-corrected chi connectivity index (χ0v) is 9.85. The van der Waals surface area contributed by atoms with E-state index in [1.54, 1.807) is 0 Å². The van der Waals surface area contributed by atoms with E-state index in [0.29, 0.717) is 6.42 Å². The van der Waals surface area contributed by atoms with E-state index in [2.05, 4.69) is 10.3 Å². The van der Waals surface area contributed by atoms with Crippen LogP contribution in [0.3, 0.4) is 0 Å². The zero-order valence-electron chi connectivity index (χ0n) is 9.04. The molecule has 7 N–H and O–H groups in total. The minimum Gasteiger partial charge on any atom is -0.480 e. The largest absolute Gasteiger partial charge is 0.480 e. The molecular weight excluding hydrogens is 252 g/mol. The van der Waals surface area contributed by atoms with Crippen LogP contribution in [-0.4, -0.2) is 48.5 Å². The molecule has 0 heterocycles. The molecule has 0 aromatic rings. The highest BCUT2D eigenvalue weighted by Crippen LogP contribution is 1.98. The van der Waals surface area contributed by atoms with Gasteiger partial charge in [0.05, 0.1) is 0 Å². The summed E-state index contributed by atoms with van der Waals surface area (Å²) < 4.78 is 29.3. The number of aliphatic carboxylic acids is 1. The van der Waals surface area contributed by atoms with Gasteiger partial charge in [-0.05, 0) is 12.8 Å². The Morgan fingerprint density at radius 3 is 2.41 bits per heavy atom. The highest BCUT2D eigenvalue weighted by molar-refractivity contribution is 7.85. The van der Waals surface area contributed by atoms with E-state index in [1.807, 2.05) is 0 Å². The summed E-state index contributed by atoms with van der Waals surface area (Å²) in [6.07, 6.45) is 0.509. The summed E-state index contributed by atoms with van der Waals surface area (Å²) in [5.74, 6) is -2.12. The van der Waals surface area contributed by atoms with Crippen molar-refractivity contribution in [3.63, 3.8) is 0 Å². The maximum Gasteiger partial charge on any atom is 0.320 e. The molecule has 0 radical (unpaired) electrons. The molecular formula is C7H16N4O5S. The maximum atomic E-state index is 10.7. The van der Waals surface area contributed by atoms with Crippen molar-refractivity contribution in [3.8, 4) is 0 Å². The Balaban J connectivity index is 4.09. The van der Waals surface area contributed by atoms with Gasteiger partial charge in [-0.3, -0.25) is 19.7 Å². The number of nitrogens with zero attached hydrogens (tertiary/aromatic N) is 1. The van der Waals surface area contributed by atoms with Crippen LogP contribution >= 0.6 is 0 Å². The molecule has 0 aliphatic heterocycles. The first kappa shape index (κ1) is 15.6. The molecule has 9 nitrogen and oxygen atoms in total. The van der Waals surface area contributed by atoms with Crippen LogP contribution in [0.5, 0.6) is 0 Å². The fourth-order valence-corrected chi connectivity index (χ4v) is 1.43. The Labute approximate surface area is 98.6 Å².